The molecule has 1 aliphatic heterocycles. The summed E-state index contributed by atoms with van der Waals surface area (Å²) in [6.07, 6.45) is -0.120. The molecule has 0 saturated carbocycles. The van der Waals surface area contributed by atoms with Crippen molar-refractivity contribution in [3.05, 3.63) is 40.4 Å². The Morgan fingerprint density at radius 1 is 1.43 bits per heavy atom. The Labute approximate surface area is 132 Å². The van der Waals surface area contributed by atoms with Crippen LogP contribution in [0.5, 0.6) is 0 Å². The van der Waals surface area contributed by atoms with Gasteiger partial charge in [-0.25, -0.2) is 4.98 Å². The highest BCUT2D eigenvalue weighted by molar-refractivity contribution is 5.93. The van der Waals surface area contributed by atoms with Crippen LogP contribution in [0.4, 0.5) is 0 Å². The summed E-state index contributed by atoms with van der Waals surface area (Å²) in [4.78, 5) is 36.2. The fourth-order valence-corrected chi connectivity index (χ4v) is 2.38. The topological polar surface area (TPSA) is 96.4 Å². The molecule has 3 rings (SSSR count). The summed E-state index contributed by atoms with van der Waals surface area (Å²) in [5.41, 5.74) is 1.26. The van der Waals surface area contributed by atoms with Crippen molar-refractivity contribution in [1.82, 2.24) is 15.3 Å². The Hall–Kier alpha value is -2.70. The Bertz CT molecular complexity index is 825. The standard InChI is InChI=1S/C16H18N4O3/c1-9(2)12-7-13(23-20-12)16(22)17-8-14-18-11-6-4-3-5-10(11)15(21)19-14/h3-6,9,13H,7-8H2,1-2H3,(H,17,22)(H,18,19,21)/t13-/m1/s1. The third kappa shape index (κ3) is 3.23. The molecule has 1 aromatic carbocycles. The zero-order chi connectivity index (χ0) is 16.4. The van der Waals surface area contributed by atoms with Gasteiger partial charge in [0.05, 0.1) is 23.2 Å². The molecule has 0 unspecified atom stereocenters. The van der Waals surface area contributed by atoms with Gasteiger partial charge in [0, 0.05) is 6.42 Å². The van der Waals surface area contributed by atoms with Crippen LogP contribution in [0.1, 0.15) is 26.1 Å². The minimum Gasteiger partial charge on any atom is -0.382 e. The molecule has 0 fully saturated rings. The lowest BCUT2D eigenvalue weighted by atomic mass is 10.0. The van der Waals surface area contributed by atoms with Crippen molar-refractivity contribution in [3.8, 4) is 0 Å². The predicted octanol–water partition coefficient (Wildman–Crippen LogP) is 1.34. The van der Waals surface area contributed by atoms with E-state index < -0.39 is 6.10 Å². The molecule has 0 spiro atoms. The molecular weight excluding hydrogens is 296 g/mol. The van der Waals surface area contributed by atoms with Gasteiger partial charge in [0.25, 0.3) is 11.5 Å². The molecule has 0 aliphatic carbocycles. The van der Waals surface area contributed by atoms with Crippen LogP contribution in [0.25, 0.3) is 10.9 Å². The second kappa shape index (κ2) is 6.20. The molecule has 7 heteroatoms. The normalized spacial score (nSPS) is 17.2. The Morgan fingerprint density at radius 2 is 2.22 bits per heavy atom. The summed E-state index contributed by atoms with van der Waals surface area (Å²) in [5, 5.41) is 7.18. The van der Waals surface area contributed by atoms with Crippen molar-refractivity contribution in [2.75, 3.05) is 0 Å². The highest BCUT2D eigenvalue weighted by atomic mass is 16.6. The van der Waals surface area contributed by atoms with Crippen molar-refractivity contribution in [2.24, 2.45) is 11.1 Å². The molecule has 1 aliphatic rings. The molecule has 1 aromatic heterocycles. The second-order valence-corrected chi connectivity index (χ2v) is 5.78. The van der Waals surface area contributed by atoms with E-state index >= 15 is 0 Å². The van der Waals surface area contributed by atoms with Gasteiger partial charge in [-0.1, -0.05) is 31.1 Å². The summed E-state index contributed by atoms with van der Waals surface area (Å²) in [5.74, 6) is 0.400. The summed E-state index contributed by atoms with van der Waals surface area (Å²) < 4.78 is 0. The molecule has 2 heterocycles. The minimum atomic E-state index is -0.612. The molecule has 23 heavy (non-hydrogen) atoms. The molecule has 2 N–H and O–H groups in total. The zero-order valence-electron chi connectivity index (χ0n) is 13.0. The first kappa shape index (κ1) is 15.2. The Morgan fingerprint density at radius 3 is 2.96 bits per heavy atom. The third-order valence-electron chi connectivity index (χ3n) is 3.74. The first-order valence-corrected chi connectivity index (χ1v) is 7.53. The number of para-hydroxylation sites is 1. The molecule has 1 atom stereocenters. The average molecular weight is 314 g/mol. The minimum absolute atomic E-state index is 0.135. The number of rotatable bonds is 4. The number of H-pyrrole nitrogens is 1. The largest absolute Gasteiger partial charge is 0.382 e. The van der Waals surface area contributed by atoms with Crippen LogP contribution in [0.2, 0.25) is 0 Å². The number of fused-ring (bicyclic) bond motifs is 1. The van der Waals surface area contributed by atoms with Crippen LogP contribution >= 0.6 is 0 Å². The molecule has 120 valence electrons. The molecule has 1 amide bonds. The average Bonchev–Trinajstić information content (AvgIpc) is 3.03. The maximum absolute atomic E-state index is 12.1. The van der Waals surface area contributed by atoms with E-state index in [1.807, 2.05) is 19.9 Å². The number of nitrogens with one attached hydrogen (secondary N) is 2. The van der Waals surface area contributed by atoms with Gasteiger partial charge in [0.1, 0.15) is 5.82 Å². The SMILES string of the molecule is CC(C)C1=NO[C@@H](C(=O)NCc2nc3ccccc3c(=O)[nH]2)C1. The van der Waals surface area contributed by atoms with E-state index in [9.17, 15) is 9.59 Å². The lowest BCUT2D eigenvalue weighted by Gasteiger charge is -2.09. The molecule has 0 saturated heterocycles. The number of carbonyl (C=O) groups excluding carboxylic acids is 1. The van der Waals surface area contributed by atoms with Gasteiger partial charge in [-0.05, 0) is 18.1 Å². The summed E-state index contributed by atoms with van der Waals surface area (Å²) in [7, 11) is 0. The quantitative estimate of drug-likeness (QED) is 0.890. The third-order valence-corrected chi connectivity index (χ3v) is 3.74. The number of amides is 1. The van der Waals surface area contributed by atoms with E-state index in [0.29, 0.717) is 23.1 Å². The first-order chi connectivity index (χ1) is 11.0. The number of hydrogen-bond acceptors (Lipinski definition) is 5. The van der Waals surface area contributed by atoms with Crippen LogP contribution in [-0.2, 0) is 16.2 Å². The highest BCUT2D eigenvalue weighted by Gasteiger charge is 2.29. The van der Waals surface area contributed by atoms with E-state index in [-0.39, 0.29) is 23.9 Å². The number of benzene rings is 1. The number of carbonyl (C=O) groups is 1. The van der Waals surface area contributed by atoms with Crippen molar-refractivity contribution >= 4 is 22.5 Å². The Kier molecular flexibility index (Phi) is 4.10. The van der Waals surface area contributed by atoms with Gasteiger partial charge in [0.2, 0.25) is 6.10 Å². The van der Waals surface area contributed by atoms with E-state index in [0.717, 1.165) is 5.71 Å². The van der Waals surface area contributed by atoms with Crippen LogP contribution < -0.4 is 10.9 Å². The van der Waals surface area contributed by atoms with E-state index in [2.05, 4.69) is 20.4 Å². The maximum atomic E-state index is 12.1. The zero-order valence-corrected chi connectivity index (χ0v) is 13.0. The Balaban J connectivity index is 1.65. The second-order valence-electron chi connectivity index (χ2n) is 5.78. The highest BCUT2D eigenvalue weighted by Crippen LogP contribution is 2.16. The van der Waals surface area contributed by atoms with Gasteiger partial charge >= 0.3 is 0 Å². The molecular formula is C16H18N4O3. The maximum Gasteiger partial charge on any atom is 0.264 e. The van der Waals surface area contributed by atoms with Crippen LogP contribution in [-0.4, -0.2) is 27.7 Å². The van der Waals surface area contributed by atoms with Crippen LogP contribution in [0.3, 0.4) is 0 Å². The summed E-state index contributed by atoms with van der Waals surface area (Å²) >= 11 is 0. The molecule has 7 nitrogen and oxygen atoms in total. The van der Waals surface area contributed by atoms with Gasteiger partial charge < -0.3 is 15.1 Å². The van der Waals surface area contributed by atoms with Crippen molar-refractivity contribution in [3.63, 3.8) is 0 Å². The van der Waals surface area contributed by atoms with E-state index in [4.69, 9.17) is 4.84 Å². The lowest BCUT2D eigenvalue weighted by Crippen LogP contribution is -2.35. The fraction of sp³-hybridized carbons (Fsp3) is 0.375. The summed E-state index contributed by atoms with van der Waals surface area (Å²) in [6, 6.07) is 7.07. The number of nitrogens with zero attached hydrogens (tertiary/aromatic N) is 2. The van der Waals surface area contributed by atoms with Gasteiger partial charge in [-0.3, -0.25) is 9.59 Å². The van der Waals surface area contributed by atoms with Crippen molar-refractivity contribution in [2.45, 2.75) is 32.9 Å². The van der Waals surface area contributed by atoms with Gasteiger partial charge in [-0.2, -0.15) is 0 Å². The molecule has 0 bridgehead atoms. The van der Waals surface area contributed by atoms with Crippen molar-refractivity contribution < 1.29 is 9.63 Å². The van der Waals surface area contributed by atoms with Crippen LogP contribution in [0.15, 0.2) is 34.2 Å². The molecule has 2 aromatic rings. The number of hydrogen-bond donors (Lipinski definition) is 2. The first-order valence-electron chi connectivity index (χ1n) is 7.53. The van der Waals surface area contributed by atoms with E-state index in [1.54, 1.807) is 18.2 Å². The monoisotopic (exact) mass is 314 g/mol. The number of oxime groups is 1. The number of aromatic amines is 1. The fourth-order valence-electron chi connectivity index (χ4n) is 2.38. The number of aromatic nitrogens is 2. The summed E-state index contributed by atoms with van der Waals surface area (Å²) in [6.45, 7) is 4.15. The van der Waals surface area contributed by atoms with Crippen molar-refractivity contribution in [1.29, 1.82) is 0 Å². The van der Waals surface area contributed by atoms with Gasteiger partial charge in [-0.15, -0.1) is 0 Å². The van der Waals surface area contributed by atoms with E-state index in [1.165, 1.54) is 0 Å². The predicted molar refractivity (Wildman–Crippen MR) is 86.0 cm³/mol. The smallest absolute Gasteiger partial charge is 0.264 e. The van der Waals surface area contributed by atoms with Crippen LogP contribution in [0, 0.1) is 5.92 Å². The lowest BCUT2D eigenvalue weighted by molar-refractivity contribution is -0.131. The molecule has 0 radical (unpaired) electrons. The van der Waals surface area contributed by atoms with Gasteiger partial charge in [0.15, 0.2) is 0 Å².